The van der Waals surface area contributed by atoms with Crippen LogP contribution >= 0.6 is 48.4 Å². The van der Waals surface area contributed by atoms with Crippen LogP contribution in [0.1, 0.15) is 260 Å². The molecule has 16 atom stereocenters. The second-order valence-electron chi connectivity index (χ2n) is 29.1. The zero-order chi connectivity index (χ0) is 93.2. The summed E-state index contributed by atoms with van der Waals surface area (Å²) in [4.78, 5) is 97.5. The number of nitrogens with zero attached hydrogens (tertiary/aromatic N) is 9. The smallest absolute Gasteiger partial charge is 0.322 e. The maximum Gasteiger partial charge on any atom is 0.322 e. The summed E-state index contributed by atoms with van der Waals surface area (Å²) >= 11 is 9.09. The van der Waals surface area contributed by atoms with E-state index in [0.29, 0.717) is 23.9 Å². The fourth-order valence-electron chi connectivity index (χ4n) is 11.8. The number of carboxylic acids is 1. The Balaban J connectivity index is -0.000000339. The van der Waals surface area contributed by atoms with Gasteiger partial charge in [-0.3, -0.25) is 38.4 Å². The van der Waals surface area contributed by atoms with Crippen molar-refractivity contribution < 1.29 is 89.5 Å². The first-order chi connectivity index (χ1) is 58.5. The number of para-hydroxylation sites is 1. The fourth-order valence-corrected chi connectivity index (χ4v) is 11.8. The summed E-state index contributed by atoms with van der Waals surface area (Å²) in [5.41, 5.74) is 28.7. The maximum absolute atomic E-state index is 11.9. The molecular weight excluding hydrogens is 1730 g/mol. The van der Waals surface area contributed by atoms with E-state index in [1.807, 2.05) is 204 Å². The monoisotopic (exact) mass is 1870 g/mol. The van der Waals surface area contributed by atoms with Gasteiger partial charge in [0.05, 0.1) is 78.2 Å². The van der Waals surface area contributed by atoms with Crippen molar-refractivity contribution in [1.29, 1.82) is 11.1 Å². The second kappa shape index (κ2) is 78.8. The van der Waals surface area contributed by atoms with Crippen molar-refractivity contribution in [2.45, 2.75) is 292 Å². The minimum atomic E-state index is -1.17. The molecular formula is C87H144Cl4N18O18. The highest BCUT2D eigenvalue weighted by Gasteiger charge is 2.28. The topological polar surface area (TPSA) is 593 Å². The van der Waals surface area contributed by atoms with Gasteiger partial charge in [0.15, 0.2) is 11.6 Å². The zero-order valence-electron chi connectivity index (χ0n) is 73.5. The van der Waals surface area contributed by atoms with E-state index in [0.717, 1.165) is 78.5 Å². The van der Waals surface area contributed by atoms with Crippen LogP contribution in [0.3, 0.4) is 0 Å². The van der Waals surface area contributed by atoms with Gasteiger partial charge in [-0.25, -0.2) is 4.99 Å². The van der Waals surface area contributed by atoms with Crippen LogP contribution in [0, 0.1) is 28.8 Å². The van der Waals surface area contributed by atoms with Crippen molar-refractivity contribution in [3.05, 3.63) is 168 Å². The predicted molar refractivity (Wildman–Crippen MR) is 496 cm³/mol. The number of carbonyl (C=O) groups excluding carboxylic acids is 7. The first kappa shape index (κ1) is 128. The summed E-state index contributed by atoms with van der Waals surface area (Å²) in [6, 6.07) is 44.5. The fraction of sp³-hybridized carbons (Fsp3) is 0.563. The number of benzene rings is 5. The lowest BCUT2D eigenvalue weighted by atomic mass is 9.93. The van der Waals surface area contributed by atoms with E-state index >= 15 is 0 Å². The Morgan fingerprint density at radius 1 is 0.457 bits per heavy atom. The molecule has 36 nitrogen and oxygen atoms in total. The number of carbonyl (C=O) groups is 8. The van der Waals surface area contributed by atoms with Gasteiger partial charge in [0.2, 0.25) is 29.5 Å². The number of nitrogens with two attached hydrogens (primary N) is 2. The number of aliphatic carboxylic acids is 1. The summed E-state index contributed by atoms with van der Waals surface area (Å²) in [7, 11) is 0. The molecule has 0 fully saturated rings. The van der Waals surface area contributed by atoms with Crippen molar-refractivity contribution in [3.63, 3.8) is 0 Å². The maximum atomic E-state index is 11.9. The molecule has 0 bridgehead atoms. The Morgan fingerprint density at radius 2 is 0.787 bits per heavy atom. The minimum absolute atomic E-state index is 0. The number of hydrogen-bond donors (Lipinski definition) is 18. The number of carboxylic acid groups (broad SMARTS) is 1. The normalized spacial score (nSPS) is 14.1. The molecule has 6 rings (SSSR count). The lowest BCUT2D eigenvalue weighted by molar-refractivity contribution is -0.250. The van der Waals surface area contributed by atoms with E-state index in [1.165, 1.54) is 0 Å². The summed E-state index contributed by atoms with van der Waals surface area (Å²) < 4.78 is 5.19. The van der Waals surface area contributed by atoms with Crippen LogP contribution in [-0.2, 0) is 38.4 Å². The molecule has 0 aliphatic carbocycles. The molecule has 0 spiro atoms. The number of hydrogen-bond acceptors (Lipinski definition) is 25. The highest BCUT2D eigenvalue weighted by molar-refractivity contribution is 6.14. The first-order valence-electron chi connectivity index (χ1n) is 41.1. The van der Waals surface area contributed by atoms with Gasteiger partial charge in [-0.2, -0.15) is 16.3 Å². The lowest BCUT2D eigenvalue weighted by Crippen LogP contribution is -2.43. The summed E-state index contributed by atoms with van der Waals surface area (Å²) in [6.07, 6.45) is 2.47. The number of ketones is 2. The average molecular weight is 1870 g/mol. The molecule has 6 aromatic rings. The van der Waals surface area contributed by atoms with Crippen molar-refractivity contribution in [2.24, 2.45) is 59.4 Å². The number of amides is 5. The molecule has 5 aromatic carbocycles. The van der Waals surface area contributed by atoms with E-state index in [1.54, 1.807) is 25.1 Å². The van der Waals surface area contributed by atoms with E-state index in [2.05, 4.69) is 95.6 Å². The molecule has 127 heavy (non-hydrogen) atoms. The predicted octanol–water partition coefficient (Wildman–Crippen LogP) is 14.5. The van der Waals surface area contributed by atoms with Crippen LogP contribution in [-0.4, -0.2) is 170 Å². The first-order valence-corrected chi connectivity index (χ1v) is 41.8. The number of rotatable bonds is 45. The van der Waals surface area contributed by atoms with E-state index in [-0.39, 0.29) is 168 Å². The number of Topliss-reactive ketones (excluding diaryl/α,β-unsaturated/α-hetero) is 2. The molecule has 0 aliphatic rings. The minimum Gasteiger partial charge on any atom is -0.480 e. The highest BCUT2D eigenvalue weighted by atomic mass is 35.5. The van der Waals surface area contributed by atoms with E-state index in [4.69, 9.17) is 32.9 Å². The number of nitrogens with one attached hydrogen (secondary N) is 7. The number of fused-ring (bicyclic) bond motifs is 1. The van der Waals surface area contributed by atoms with Crippen LogP contribution < -0.4 is 43.0 Å². The van der Waals surface area contributed by atoms with Crippen LogP contribution in [0.15, 0.2) is 176 Å². The van der Waals surface area contributed by atoms with Crippen molar-refractivity contribution in [3.8, 4) is 0 Å². The Kier molecular flexibility index (Phi) is 79.7. The van der Waals surface area contributed by atoms with Gasteiger partial charge in [0, 0.05) is 37.6 Å². The number of aliphatic hydroxyl groups is 7. The van der Waals surface area contributed by atoms with Crippen molar-refractivity contribution in [2.75, 3.05) is 6.54 Å². The Labute approximate surface area is 770 Å². The number of halogens is 4. The Hall–Kier alpha value is -9.38. The molecule has 1 aromatic heterocycles. The van der Waals surface area contributed by atoms with Gasteiger partial charge in [-0.05, 0) is 163 Å². The molecule has 5 amide bonds. The van der Waals surface area contributed by atoms with Gasteiger partial charge in [0.25, 0.3) is 0 Å². The third-order valence-corrected chi connectivity index (χ3v) is 19.0. The van der Waals surface area contributed by atoms with Gasteiger partial charge in [-0.1, -0.05) is 245 Å². The summed E-state index contributed by atoms with van der Waals surface area (Å²) in [5, 5.41) is 117. The van der Waals surface area contributed by atoms with E-state index < -0.39 is 73.2 Å². The molecule has 40 heteroatoms. The number of aliphatic hydroxyl groups excluding tert-OH is 7. The standard InChI is InChI=1S/C18H29NO3.C18H27NO3.C17H28N2O3.C17H26N2O3.C9H17NO4.C6H5N3O2.2CH4.2ClHN4.2ClH/c2*1-4-8-13(2)18(22)16(20)11-12-17(21)19-14(3)15-9-6-5-7-10-15;2*1-3-7-14(18)17(22)15(20)10-11-16(21)19-12(2)13-8-5-4-6-9-13;1-3-4-6(2)8(13)9(14)10-5-7(11)12;10-11-9-6-4-2-1-3-5(6)7-8-9;;;2*1-3-5-4-2;;/h5-7,9-10,13-14,16,18,20,22H,4,8,11-12H2,1-3H3,(H,19,21);5-7,9-10,13-14,16,20H,4,8,11-12H2,1-3H3,(H,19,21);4-6,8-9,12,14-15,17,20,22H,3,7,10-11,18H2,1-2H3,(H,19,21);4-6,8-9,12,14-15,20H,3,7,10-11,18H2,1-2H3,(H,19,21);6,8,13H,3-5H2,1-2H3,(H,10,14)(H,11,12);1-4,10H;2*1H4;2*2H;2*1H/t13?,14-,16-,18?;13?,14-,16-;12-,14?,15-,17?;12-,14?,15-;;;;;;;;/m1111......../s1. The molecule has 0 radical (unpaired) electrons. The van der Waals surface area contributed by atoms with Crippen molar-refractivity contribution in [1.82, 2.24) is 41.7 Å². The largest absolute Gasteiger partial charge is 0.480 e. The molecule has 0 saturated carbocycles. The van der Waals surface area contributed by atoms with Gasteiger partial charge >= 0.3 is 5.97 Å². The molecule has 20 N–H and O–H groups in total. The molecule has 1 heterocycles. The van der Waals surface area contributed by atoms with E-state index in [9.17, 15) is 74.1 Å². The lowest BCUT2D eigenvalue weighted by Gasteiger charge is -2.23. The number of aromatic nitrogens is 3. The van der Waals surface area contributed by atoms with Crippen molar-refractivity contribution >= 4 is 106 Å². The summed E-state index contributed by atoms with van der Waals surface area (Å²) in [5.74, 6) is -3.11. The van der Waals surface area contributed by atoms with Gasteiger partial charge in [-0.15, -0.1) is 29.9 Å². The average Bonchev–Trinajstić information content (AvgIpc) is 1.70. The molecule has 0 saturated heterocycles. The SMILES string of the molecule is C.C.CCCC(C)C(=O)[C@H](O)CCC(=O)N[C@H](C)c1ccccc1.CCCC(C)C(O)C(=O)NCC(=O)O.CCCC(C)C(O)[C@H](O)CCC(=O)N[C@H](C)c1ccccc1.CCCC(N)C(=O)[C@H](O)CCC(=O)N[C@H](C)c1ccccc1.CCCC(N)C(O)[C@H](O)CCC(=O)N[C@H](C)c1ccccc1.Cl.Cl.N=NN=NCl.N=NN=NCl.OOn1nnc2ccccc21. The van der Waals surface area contributed by atoms with Crippen LogP contribution in [0.2, 0.25) is 0 Å². The molecule has 8 unspecified atom stereocenters. The third-order valence-electron chi connectivity index (χ3n) is 18.9. The quantitative estimate of drug-likeness (QED) is 0.00959. The highest BCUT2D eigenvalue weighted by Crippen LogP contribution is 2.21. The Morgan fingerprint density at radius 3 is 1.12 bits per heavy atom. The zero-order valence-corrected chi connectivity index (χ0v) is 76.6. The summed E-state index contributed by atoms with van der Waals surface area (Å²) in [6.45, 7) is 22.6. The van der Waals surface area contributed by atoms with Gasteiger partial charge in [0.1, 0.15) is 35.9 Å². The van der Waals surface area contributed by atoms with Crippen LogP contribution in [0.5, 0.6) is 0 Å². The second-order valence-corrected chi connectivity index (χ2v) is 29.4. The van der Waals surface area contributed by atoms with Gasteiger partial charge < -0.3 is 78.9 Å². The van der Waals surface area contributed by atoms with Crippen LogP contribution in [0.25, 0.3) is 11.0 Å². The third kappa shape index (κ3) is 59.4. The molecule has 0 aliphatic heterocycles. The van der Waals surface area contributed by atoms with Crippen LogP contribution in [0.4, 0.5) is 0 Å². The Bertz CT molecular complexity index is 3740. The molecule has 718 valence electrons.